The second-order valence-electron chi connectivity index (χ2n) is 3.30. The minimum Gasteiger partial charge on any atom is -0.394 e. The molecule has 0 radical (unpaired) electrons. The van der Waals surface area contributed by atoms with E-state index in [-0.39, 0.29) is 24.7 Å². The Morgan fingerprint density at radius 3 is 2.57 bits per heavy atom. The summed E-state index contributed by atoms with van der Waals surface area (Å²) in [5.74, 6) is 0. The molecule has 2 atom stereocenters. The predicted molar refractivity (Wildman–Crippen MR) is 51.7 cm³/mol. The Morgan fingerprint density at radius 1 is 1.21 bits per heavy atom. The van der Waals surface area contributed by atoms with Crippen LogP contribution in [0.4, 0.5) is 4.79 Å². The van der Waals surface area contributed by atoms with Gasteiger partial charge in [0.1, 0.15) is 0 Å². The van der Waals surface area contributed by atoms with Gasteiger partial charge in [-0.3, -0.25) is 0 Å². The second-order valence-corrected chi connectivity index (χ2v) is 3.30. The Hall–Kier alpha value is -1.55. The molecule has 1 aromatic rings. The quantitative estimate of drug-likeness (QED) is 0.635. The first-order valence-corrected chi connectivity index (χ1v) is 4.54. The number of nitrogens with one attached hydrogen (secondary N) is 2. The monoisotopic (exact) mass is 192 g/mol. The molecule has 14 heavy (non-hydrogen) atoms. The van der Waals surface area contributed by atoms with E-state index < -0.39 is 0 Å². The molecule has 1 aliphatic rings. The van der Waals surface area contributed by atoms with Crippen molar-refractivity contribution in [1.29, 1.82) is 0 Å². The van der Waals surface area contributed by atoms with Crippen molar-refractivity contribution in [2.75, 3.05) is 6.61 Å². The lowest BCUT2D eigenvalue weighted by atomic mass is 10.0. The SMILES string of the molecule is O=C1N[C@H](CO)[C@H](c2ccccc2)N1. The Bertz CT molecular complexity index is 326. The van der Waals surface area contributed by atoms with Crippen LogP contribution < -0.4 is 10.6 Å². The molecular weight excluding hydrogens is 180 g/mol. The van der Waals surface area contributed by atoms with Crippen LogP contribution in [0.25, 0.3) is 0 Å². The molecule has 4 nitrogen and oxygen atoms in total. The number of carbonyl (C=O) groups excluding carboxylic acids is 1. The molecule has 4 heteroatoms. The van der Waals surface area contributed by atoms with Crippen LogP contribution in [0.5, 0.6) is 0 Å². The van der Waals surface area contributed by atoms with E-state index in [1.807, 2.05) is 30.3 Å². The highest BCUT2D eigenvalue weighted by Crippen LogP contribution is 2.19. The summed E-state index contributed by atoms with van der Waals surface area (Å²) in [6.45, 7) is -0.0572. The maximum absolute atomic E-state index is 11.1. The van der Waals surface area contributed by atoms with Gasteiger partial charge in [-0.15, -0.1) is 0 Å². The maximum Gasteiger partial charge on any atom is 0.315 e. The molecule has 1 aromatic carbocycles. The van der Waals surface area contributed by atoms with E-state index >= 15 is 0 Å². The van der Waals surface area contributed by atoms with Crippen LogP contribution in [0, 0.1) is 0 Å². The van der Waals surface area contributed by atoms with Gasteiger partial charge >= 0.3 is 6.03 Å². The molecule has 0 aliphatic carbocycles. The van der Waals surface area contributed by atoms with Gasteiger partial charge in [-0.25, -0.2) is 4.79 Å². The number of amides is 2. The van der Waals surface area contributed by atoms with Gasteiger partial charge in [0.05, 0.1) is 18.7 Å². The summed E-state index contributed by atoms with van der Waals surface area (Å²) in [7, 11) is 0. The molecule has 0 bridgehead atoms. The molecule has 1 saturated heterocycles. The van der Waals surface area contributed by atoms with Crippen LogP contribution in [0.3, 0.4) is 0 Å². The van der Waals surface area contributed by atoms with Crippen molar-refractivity contribution in [3.63, 3.8) is 0 Å². The number of rotatable bonds is 2. The molecule has 74 valence electrons. The molecule has 0 unspecified atom stereocenters. The van der Waals surface area contributed by atoms with Gasteiger partial charge in [0.2, 0.25) is 0 Å². The lowest BCUT2D eigenvalue weighted by Crippen LogP contribution is -2.31. The fourth-order valence-corrected chi connectivity index (χ4v) is 1.66. The number of hydrogen-bond donors (Lipinski definition) is 3. The highest BCUT2D eigenvalue weighted by Gasteiger charge is 2.31. The molecule has 0 saturated carbocycles. The first-order chi connectivity index (χ1) is 6.81. The molecule has 2 amide bonds. The van der Waals surface area contributed by atoms with Gasteiger partial charge in [-0.2, -0.15) is 0 Å². The minimum atomic E-state index is -0.232. The van der Waals surface area contributed by atoms with E-state index in [1.165, 1.54) is 0 Å². The third kappa shape index (κ3) is 1.56. The highest BCUT2D eigenvalue weighted by atomic mass is 16.3. The largest absolute Gasteiger partial charge is 0.394 e. The molecule has 2 rings (SSSR count). The van der Waals surface area contributed by atoms with E-state index in [9.17, 15) is 4.79 Å². The van der Waals surface area contributed by atoms with Crippen LogP contribution in [-0.4, -0.2) is 23.8 Å². The number of aliphatic hydroxyl groups is 1. The van der Waals surface area contributed by atoms with Crippen molar-refractivity contribution in [2.24, 2.45) is 0 Å². The number of hydrogen-bond acceptors (Lipinski definition) is 2. The number of urea groups is 1. The predicted octanol–water partition coefficient (Wildman–Crippen LogP) is 0.401. The molecule has 0 aromatic heterocycles. The summed E-state index contributed by atoms with van der Waals surface area (Å²) in [4.78, 5) is 11.1. The molecule has 1 heterocycles. The van der Waals surface area contributed by atoms with Gasteiger partial charge in [0.15, 0.2) is 0 Å². The fourth-order valence-electron chi connectivity index (χ4n) is 1.66. The lowest BCUT2D eigenvalue weighted by Gasteiger charge is -2.15. The lowest BCUT2D eigenvalue weighted by molar-refractivity contribution is 0.235. The van der Waals surface area contributed by atoms with E-state index in [4.69, 9.17) is 5.11 Å². The molecule has 1 aliphatic heterocycles. The van der Waals surface area contributed by atoms with Gasteiger partial charge in [0, 0.05) is 0 Å². The summed E-state index contributed by atoms with van der Waals surface area (Å²) in [5, 5.41) is 14.5. The summed E-state index contributed by atoms with van der Waals surface area (Å²) in [6.07, 6.45) is 0. The van der Waals surface area contributed by atoms with E-state index in [2.05, 4.69) is 10.6 Å². The average molecular weight is 192 g/mol. The normalized spacial score (nSPS) is 25.6. The number of benzene rings is 1. The van der Waals surface area contributed by atoms with Crippen molar-refractivity contribution in [1.82, 2.24) is 10.6 Å². The minimum absolute atomic E-state index is 0.0572. The van der Waals surface area contributed by atoms with E-state index in [0.717, 1.165) is 5.56 Å². The van der Waals surface area contributed by atoms with Crippen molar-refractivity contribution in [3.05, 3.63) is 35.9 Å². The number of carbonyl (C=O) groups is 1. The van der Waals surface area contributed by atoms with E-state index in [1.54, 1.807) is 0 Å². The Morgan fingerprint density at radius 2 is 1.93 bits per heavy atom. The molecule has 0 spiro atoms. The zero-order chi connectivity index (χ0) is 9.97. The van der Waals surface area contributed by atoms with Gasteiger partial charge in [-0.1, -0.05) is 30.3 Å². The topological polar surface area (TPSA) is 61.4 Å². The Labute approximate surface area is 81.9 Å². The Kier molecular flexibility index (Phi) is 2.37. The average Bonchev–Trinajstić information content (AvgIpc) is 2.61. The maximum atomic E-state index is 11.1. The van der Waals surface area contributed by atoms with Crippen molar-refractivity contribution < 1.29 is 9.90 Å². The van der Waals surface area contributed by atoms with Gasteiger partial charge in [0.25, 0.3) is 0 Å². The Balaban J connectivity index is 2.22. The van der Waals surface area contributed by atoms with Gasteiger partial charge < -0.3 is 15.7 Å². The second kappa shape index (κ2) is 3.67. The summed E-state index contributed by atoms with van der Waals surface area (Å²) in [6, 6.07) is 9.02. The van der Waals surface area contributed by atoms with Crippen LogP contribution in [0.2, 0.25) is 0 Å². The molecule has 1 fully saturated rings. The van der Waals surface area contributed by atoms with Crippen LogP contribution in [0.15, 0.2) is 30.3 Å². The molecule has 3 N–H and O–H groups in total. The van der Waals surface area contributed by atoms with Crippen molar-refractivity contribution in [3.8, 4) is 0 Å². The third-order valence-corrected chi connectivity index (χ3v) is 2.36. The summed E-state index contributed by atoms with van der Waals surface area (Å²) < 4.78 is 0. The first-order valence-electron chi connectivity index (χ1n) is 4.54. The van der Waals surface area contributed by atoms with Crippen LogP contribution >= 0.6 is 0 Å². The third-order valence-electron chi connectivity index (χ3n) is 2.36. The zero-order valence-corrected chi connectivity index (χ0v) is 7.60. The van der Waals surface area contributed by atoms with Gasteiger partial charge in [-0.05, 0) is 5.56 Å². The highest BCUT2D eigenvalue weighted by molar-refractivity contribution is 5.77. The molecular formula is C10H12N2O2. The van der Waals surface area contributed by atoms with Crippen molar-refractivity contribution in [2.45, 2.75) is 12.1 Å². The fraction of sp³-hybridized carbons (Fsp3) is 0.300. The van der Waals surface area contributed by atoms with E-state index in [0.29, 0.717) is 0 Å². The standard InChI is InChI=1S/C10H12N2O2/c13-6-8-9(12-10(14)11-8)7-4-2-1-3-5-7/h1-5,8-9,13H,6H2,(H2,11,12,14)/t8-,9+/m1/s1. The van der Waals surface area contributed by atoms with Crippen LogP contribution in [-0.2, 0) is 0 Å². The smallest absolute Gasteiger partial charge is 0.315 e. The van der Waals surface area contributed by atoms with Crippen LogP contribution in [0.1, 0.15) is 11.6 Å². The summed E-state index contributed by atoms with van der Waals surface area (Å²) >= 11 is 0. The summed E-state index contributed by atoms with van der Waals surface area (Å²) in [5.41, 5.74) is 1.00. The zero-order valence-electron chi connectivity index (χ0n) is 7.60. The number of aliphatic hydroxyl groups excluding tert-OH is 1. The van der Waals surface area contributed by atoms with Crippen molar-refractivity contribution >= 4 is 6.03 Å². The first kappa shape index (κ1) is 9.02.